The second kappa shape index (κ2) is 8.51. The maximum atomic E-state index is 13.4. The lowest BCUT2D eigenvalue weighted by molar-refractivity contribution is 0.0698. The van der Waals surface area contributed by atoms with Crippen molar-refractivity contribution in [3.8, 4) is 0 Å². The number of halogens is 2. The number of carboxylic acids is 1. The van der Waals surface area contributed by atoms with E-state index in [1.54, 1.807) is 25.1 Å². The van der Waals surface area contributed by atoms with Crippen molar-refractivity contribution in [1.82, 2.24) is 0 Å². The summed E-state index contributed by atoms with van der Waals surface area (Å²) in [6.07, 6.45) is 0.573. The molecule has 0 bridgehead atoms. The first kappa shape index (κ1) is 22.8. The van der Waals surface area contributed by atoms with E-state index in [2.05, 4.69) is 21.2 Å². The Morgan fingerprint density at radius 1 is 1.19 bits per heavy atom. The van der Waals surface area contributed by atoms with Gasteiger partial charge in [0.25, 0.3) is 15.9 Å². The molecule has 1 aliphatic heterocycles. The highest BCUT2D eigenvalue weighted by atomic mass is 79.9. The maximum absolute atomic E-state index is 13.4. The summed E-state index contributed by atoms with van der Waals surface area (Å²) in [5.74, 6) is -1.78. The summed E-state index contributed by atoms with van der Waals surface area (Å²) in [4.78, 5) is 24.9. The molecule has 1 amide bonds. The van der Waals surface area contributed by atoms with E-state index in [1.165, 1.54) is 22.5 Å². The Morgan fingerprint density at radius 2 is 1.94 bits per heavy atom. The number of carbonyl (C=O) groups is 2. The summed E-state index contributed by atoms with van der Waals surface area (Å²) in [5.41, 5.74) is 1.46. The van der Waals surface area contributed by atoms with Crippen LogP contribution in [0.1, 0.15) is 30.5 Å². The Kier molecular flexibility index (Phi) is 6.06. The molecule has 0 aliphatic carbocycles. The molecule has 0 spiro atoms. The van der Waals surface area contributed by atoms with Crippen molar-refractivity contribution in [2.45, 2.75) is 18.2 Å². The number of nitrogens with zero attached hydrogens (tertiary/aromatic N) is 1. The minimum atomic E-state index is -3.91. The topological polar surface area (TPSA) is 104 Å². The van der Waals surface area contributed by atoms with Crippen LogP contribution < -0.4 is 9.62 Å². The van der Waals surface area contributed by atoms with Crippen LogP contribution in [0.3, 0.4) is 0 Å². The second-order valence-corrected chi connectivity index (χ2v) is 11.5. The third-order valence-electron chi connectivity index (χ3n) is 5.02. The zero-order chi connectivity index (χ0) is 23.2. The number of anilines is 2. The van der Waals surface area contributed by atoms with Crippen molar-refractivity contribution >= 4 is 72.1 Å². The number of aromatic carboxylic acids is 1. The molecule has 1 aromatic heterocycles. The van der Waals surface area contributed by atoms with Crippen LogP contribution in [0, 0.1) is 6.92 Å². The highest BCUT2D eigenvalue weighted by molar-refractivity contribution is 9.10. The summed E-state index contributed by atoms with van der Waals surface area (Å²) < 4.78 is 28.6. The number of thiophene rings is 1. The van der Waals surface area contributed by atoms with E-state index in [0.29, 0.717) is 26.5 Å². The number of benzene rings is 2. The first-order valence-corrected chi connectivity index (χ1v) is 12.8. The first-order valence-electron chi connectivity index (χ1n) is 9.33. The molecule has 11 heteroatoms. The van der Waals surface area contributed by atoms with Crippen LogP contribution in [0.4, 0.5) is 11.4 Å². The Bertz CT molecular complexity index is 1370. The molecule has 3 aromatic rings. The number of carbonyl (C=O) groups excluding carboxylic acids is 1. The van der Waals surface area contributed by atoms with Crippen LogP contribution in [0.15, 0.2) is 51.8 Å². The molecule has 4 rings (SSSR count). The lowest BCUT2D eigenvalue weighted by Gasteiger charge is -2.19. The van der Waals surface area contributed by atoms with Gasteiger partial charge in [-0.25, -0.2) is 13.2 Å². The molecule has 0 radical (unpaired) electrons. The number of aryl methyl sites for hydroxylation is 1. The van der Waals surface area contributed by atoms with Crippen molar-refractivity contribution in [3.05, 3.63) is 72.8 Å². The third kappa shape index (κ3) is 4.15. The van der Waals surface area contributed by atoms with Gasteiger partial charge >= 0.3 is 5.97 Å². The maximum Gasteiger partial charge on any atom is 0.337 e. The lowest BCUT2D eigenvalue weighted by Crippen LogP contribution is -2.29. The SMILES string of the molecule is Cc1sc(C(=O)Nc2ccc(Br)cc2C(=O)O)cc1S(=O)(=O)N1CCc2ccc(Cl)cc21. The molecule has 0 atom stereocenters. The molecule has 7 nitrogen and oxygen atoms in total. The molecule has 0 unspecified atom stereocenters. The van der Waals surface area contributed by atoms with Crippen molar-refractivity contribution in [2.75, 3.05) is 16.2 Å². The number of fused-ring (bicyclic) bond motifs is 1. The molecule has 1 aliphatic rings. The summed E-state index contributed by atoms with van der Waals surface area (Å²) in [6.45, 7) is 1.92. The van der Waals surface area contributed by atoms with E-state index in [0.717, 1.165) is 16.9 Å². The monoisotopic (exact) mass is 554 g/mol. The minimum Gasteiger partial charge on any atom is -0.478 e. The highest BCUT2D eigenvalue weighted by Crippen LogP contribution is 2.37. The predicted octanol–water partition coefficient (Wildman–Crippen LogP) is 5.17. The first-order chi connectivity index (χ1) is 15.1. The van der Waals surface area contributed by atoms with Crippen LogP contribution in [-0.2, 0) is 16.4 Å². The number of amides is 1. The van der Waals surface area contributed by atoms with Gasteiger partial charge in [0.1, 0.15) is 4.90 Å². The predicted molar refractivity (Wildman–Crippen MR) is 128 cm³/mol. The molecule has 2 aromatic carbocycles. The fourth-order valence-electron chi connectivity index (χ4n) is 3.51. The number of hydrogen-bond acceptors (Lipinski definition) is 5. The number of carboxylic acid groups (broad SMARTS) is 1. The molecule has 0 saturated heterocycles. The van der Waals surface area contributed by atoms with Gasteiger partial charge in [0.15, 0.2) is 0 Å². The number of sulfonamides is 1. The largest absolute Gasteiger partial charge is 0.478 e. The molecule has 32 heavy (non-hydrogen) atoms. The molecule has 2 N–H and O–H groups in total. The Hall–Kier alpha value is -2.40. The van der Waals surface area contributed by atoms with Gasteiger partial charge in [0.2, 0.25) is 0 Å². The average Bonchev–Trinajstić information content (AvgIpc) is 3.33. The van der Waals surface area contributed by atoms with E-state index in [4.69, 9.17) is 11.6 Å². The third-order valence-corrected chi connectivity index (χ3v) is 8.87. The summed E-state index contributed by atoms with van der Waals surface area (Å²) in [6, 6.07) is 10.9. The number of hydrogen-bond donors (Lipinski definition) is 2. The van der Waals surface area contributed by atoms with Crippen molar-refractivity contribution < 1.29 is 23.1 Å². The number of nitrogens with one attached hydrogen (secondary N) is 1. The zero-order valence-corrected chi connectivity index (χ0v) is 20.5. The van der Waals surface area contributed by atoms with Gasteiger partial charge in [0, 0.05) is 20.9 Å². The highest BCUT2D eigenvalue weighted by Gasteiger charge is 2.33. The van der Waals surface area contributed by atoms with Gasteiger partial charge in [-0.2, -0.15) is 0 Å². The van der Waals surface area contributed by atoms with Gasteiger partial charge in [-0.3, -0.25) is 9.10 Å². The Balaban J connectivity index is 1.65. The Labute approximate surface area is 201 Å². The van der Waals surface area contributed by atoms with Gasteiger partial charge in [0.05, 0.1) is 21.8 Å². The second-order valence-electron chi connectivity index (χ2n) is 7.08. The van der Waals surface area contributed by atoms with E-state index < -0.39 is 21.9 Å². The van der Waals surface area contributed by atoms with Crippen LogP contribution in [0.2, 0.25) is 5.02 Å². The van der Waals surface area contributed by atoms with E-state index in [9.17, 15) is 23.1 Å². The summed E-state index contributed by atoms with van der Waals surface area (Å²) >= 11 is 10.3. The van der Waals surface area contributed by atoms with Crippen LogP contribution in [0.5, 0.6) is 0 Å². The quantitative estimate of drug-likeness (QED) is 0.452. The lowest BCUT2D eigenvalue weighted by atomic mass is 10.2. The van der Waals surface area contributed by atoms with Gasteiger partial charge in [-0.15, -0.1) is 11.3 Å². The van der Waals surface area contributed by atoms with E-state index >= 15 is 0 Å². The molecule has 166 valence electrons. The van der Waals surface area contributed by atoms with Crippen LogP contribution in [0.25, 0.3) is 0 Å². The van der Waals surface area contributed by atoms with Gasteiger partial charge in [-0.1, -0.05) is 33.6 Å². The zero-order valence-electron chi connectivity index (χ0n) is 16.6. The summed E-state index contributed by atoms with van der Waals surface area (Å²) in [5, 5.41) is 12.4. The van der Waals surface area contributed by atoms with Gasteiger partial charge in [-0.05, 0) is 55.3 Å². The normalized spacial score (nSPS) is 13.2. The van der Waals surface area contributed by atoms with Gasteiger partial charge < -0.3 is 10.4 Å². The smallest absolute Gasteiger partial charge is 0.337 e. The minimum absolute atomic E-state index is 0.0368. The Morgan fingerprint density at radius 3 is 2.66 bits per heavy atom. The van der Waals surface area contributed by atoms with E-state index in [1.807, 2.05) is 6.07 Å². The van der Waals surface area contributed by atoms with Crippen molar-refractivity contribution in [2.24, 2.45) is 0 Å². The molecule has 0 saturated carbocycles. The molecular weight excluding hydrogens is 540 g/mol. The standard InChI is InChI=1S/C21H16BrClN2O5S2/c1-11-19(32(29,30)25-7-6-12-2-4-14(23)9-17(12)25)10-18(31-11)20(26)24-16-5-3-13(22)8-15(16)21(27)28/h2-5,8-10H,6-7H2,1H3,(H,24,26)(H,27,28). The van der Waals surface area contributed by atoms with Crippen LogP contribution in [-0.4, -0.2) is 31.9 Å². The molecular formula is C21H16BrClN2O5S2. The molecule has 0 fully saturated rings. The average molecular weight is 556 g/mol. The fraction of sp³-hybridized carbons (Fsp3) is 0.143. The van der Waals surface area contributed by atoms with Crippen molar-refractivity contribution in [1.29, 1.82) is 0 Å². The fourth-order valence-corrected chi connectivity index (χ4v) is 6.99. The van der Waals surface area contributed by atoms with Crippen LogP contribution >= 0.6 is 38.9 Å². The van der Waals surface area contributed by atoms with Crippen molar-refractivity contribution in [3.63, 3.8) is 0 Å². The number of rotatable bonds is 5. The summed E-state index contributed by atoms with van der Waals surface area (Å²) in [7, 11) is -3.91. The van der Waals surface area contributed by atoms with E-state index in [-0.39, 0.29) is 27.6 Å². The molecule has 2 heterocycles.